The molecule has 108 valence electrons. The second kappa shape index (κ2) is 5.32. The molecule has 1 aliphatic carbocycles. The number of nitrogens with one attached hydrogen (secondary N) is 3. The Hall–Kier alpha value is -2.38. The number of carboxylic acid groups (broad SMARTS) is 1. The van der Waals surface area contributed by atoms with Crippen LogP contribution in [0.4, 0.5) is 0 Å². The van der Waals surface area contributed by atoms with E-state index in [2.05, 4.69) is 10.3 Å². The third-order valence-corrected chi connectivity index (χ3v) is 3.53. The molecule has 20 heavy (non-hydrogen) atoms. The van der Waals surface area contributed by atoms with Crippen molar-refractivity contribution in [1.82, 2.24) is 15.3 Å². The number of rotatable bonds is 3. The lowest BCUT2D eigenvalue weighted by Gasteiger charge is -2.33. The molecule has 0 spiro atoms. The monoisotopic (exact) mass is 281 g/mol. The molecule has 4 N–H and O–H groups in total. The predicted octanol–water partition coefficient (Wildman–Crippen LogP) is -0.420. The summed E-state index contributed by atoms with van der Waals surface area (Å²) in [4.78, 5) is 50.0. The van der Waals surface area contributed by atoms with E-state index < -0.39 is 28.7 Å². The van der Waals surface area contributed by atoms with Gasteiger partial charge in [0.25, 0.3) is 11.5 Å². The van der Waals surface area contributed by atoms with Gasteiger partial charge in [0, 0.05) is 6.20 Å². The lowest BCUT2D eigenvalue weighted by atomic mass is 9.81. The standard InChI is InChI=1S/C12H15N3O5/c16-8-7(6-13-11(20)14-8)9(17)15-12(10(18)19)4-2-1-3-5-12/h6H,1-5H2,(H,15,17)(H,18,19)(H2,13,14,16,20). The number of hydrogen-bond donors (Lipinski definition) is 4. The highest BCUT2D eigenvalue weighted by molar-refractivity contribution is 5.97. The molecule has 0 atom stereocenters. The molecule has 8 nitrogen and oxygen atoms in total. The number of hydrogen-bond acceptors (Lipinski definition) is 4. The van der Waals surface area contributed by atoms with Gasteiger partial charge in [-0.2, -0.15) is 0 Å². The third kappa shape index (κ3) is 2.63. The number of carbonyl (C=O) groups is 2. The van der Waals surface area contributed by atoms with Crippen LogP contribution in [0.1, 0.15) is 42.5 Å². The first kappa shape index (κ1) is 14.0. The third-order valence-electron chi connectivity index (χ3n) is 3.53. The molecule has 8 heteroatoms. The smallest absolute Gasteiger partial charge is 0.329 e. The number of aliphatic carboxylic acids is 1. The molecule has 0 bridgehead atoms. The zero-order valence-electron chi connectivity index (χ0n) is 10.7. The largest absolute Gasteiger partial charge is 0.480 e. The Morgan fingerprint density at radius 1 is 1.20 bits per heavy atom. The topological polar surface area (TPSA) is 132 Å². The van der Waals surface area contributed by atoms with Crippen LogP contribution in [0.5, 0.6) is 0 Å². The van der Waals surface area contributed by atoms with Crippen molar-refractivity contribution >= 4 is 11.9 Å². The highest BCUT2D eigenvalue weighted by Gasteiger charge is 2.41. The number of aromatic amines is 2. The summed E-state index contributed by atoms with van der Waals surface area (Å²) in [5.41, 5.74) is -3.21. The lowest BCUT2D eigenvalue weighted by Crippen LogP contribution is -2.56. The van der Waals surface area contributed by atoms with Gasteiger partial charge in [-0.25, -0.2) is 9.59 Å². The molecule has 1 saturated carbocycles. The number of H-pyrrole nitrogens is 2. The fourth-order valence-corrected chi connectivity index (χ4v) is 2.41. The van der Waals surface area contributed by atoms with Crippen LogP contribution < -0.4 is 16.6 Å². The maximum absolute atomic E-state index is 12.0. The quantitative estimate of drug-likeness (QED) is 0.597. The Labute approximate surface area is 113 Å². The molecule has 1 aliphatic rings. The minimum Gasteiger partial charge on any atom is -0.480 e. The van der Waals surface area contributed by atoms with E-state index in [4.69, 9.17) is 0 Å². The van der Waals surface area contributed by atoms with E-state index in [0.29, 0.717) is 25.7 Å². The van der Waals surface area contributed by atoms with Crippen LogP contribution in [0.2, 0.25) is 0 Å². The molecule has 1 aromatic rings. The Morgan fingerprint density at radius 3 is 2.40 bits per heavy atom. The average Bonchev–Trinajstić information content (AvgIpc) is 2.39. The van der Waals surface area contributed by atoms with Gasteiger partial charge < -0.3 is 15.4 Å². The van der Waals surface area contributed by atoms with Crippen LogP contribution in [0.3, 0.4) is 0 Å². The SMILES string of the molecule is O=C(NC1(C(=O)O)CCCCC1)c1c[nH]c(=O)[nH]c1=O. The first-order chi connectivity index (χ1) is 9.44. The summed E-state index contributed by atoms with van der Waals surface area (Å²) in [6, 6.07) is 0. The van der Waals surface area contributed by atoms with Crippen molar-refractivity contribution in [3.05, 3.63) is 32.6 Å². The molecule has 0 saturated heterocycles. The van der Waals surface area contributed by atoms with Crippen molar-refractivity contribution in [2.75, 3.05) is 0 Å². The minimum absolute atomic E-state index is 0.309. The normalized spacial score (nSPS) is 17.4. The molecular weight excluding hydrogens is 266 g/mol. The first-order valence-corrected chi connectivity index (χ1v) is 6.32. The van der Waals surface area contributed by atoms with Crippen LogP contribution >= 0.6 is 0 Å². The summed E-state index contributed by atoms with van der Waals surface area (Å²) in [7, 11) is 0. The molecule has 0 radical (unpaired) electrons. The zero-order chi connectivity index (χ0) is 14.8. The molecule has 0 aliphatic heterocycles. The molecule has 1 heterocycles. The van der Waals surface area contributed by atoms with Crippen LogP contribution in [0.25, 0.3) is 0 Å². The first-order valence-electron chi connectivity index (χ1n) is 6.32. The summed E-state index contributed by atoms with van der Waals surface area (Å²) in [5, 5.41) is 11.8. The van der Waals surface area contributed by atoms with E-state index in [1.165, 1.54) is 0 Å². The van der Waals surface area contributed by atoms with Crippen molar-refractivity contribution in [2.45, 2.75) is 37.6 Å². The molecule has 1 amide bonds. The lowest BCUT2D eigenvalue weighted by molar-refractivity contribution is -0.145. The van der Waals surface area contributed by atoms with E-state index in [9.17, 15) is 24.3 Å². The number of aromatic nitrogens is 2. The van der Waals surface area contributed by atoms with Crippen LogP contribution in [0, 0.1) is 0 Å². The molecular formula is C12H15N3O5. The zero-order valence-corrected chi connectivity index (χ0v) is 10.7. The second-order valence-electron chi connectivity index (χ2n) is 4.89. The Kier molecular flexibility index (Phi) is 3.73. The van der Waals surface area contributed by atoms with Crippen LogP contribution in [-0.4, -0.2) is 32.5 Å². The second-order valence-corrected chi connectivity index (χ2v) is 4.89. The fraction of sp³-hybridized carbons (Fsp3) is 0.500. The maximum atomic E-state index is 12.0. The molecule has 1 aromatic heterocycles. The van der Waals surface area contributed by atoms with E-state index in [1.807, 2.05) is 4.98 Å². The summed E-state index contributed by atoms with van der Waals surface area (Å²) < 4.78 is 0. The van der Waals surface area contributed by atoms with E-state index in [1.54, 1.807) is 0 Å². The van der Waals surface area contributed by atoms with Crippen LogP contribution in [-0.2, 0) is 4.79 Å². The Bertz CT molecular complexity index is 639. The predicted molar refractivity (Wildman–Crippen MR) is 68.6 cm³/mol. The number of carboxylic acids is 1. The van der Waals surface area contributed by atoms with Gasteiger partial charge in [0.2, 0.25) is 0 Å². The van der Waals surface area contributed by atoms with E-state index >= 15 is 0 Å². The van der Waals surface area contributed by atoms with E-state index in [-0.39, 0.29) is 5.56 Å². The number of carbonyl (C=O) groups excluding carboxylic acids is 1. The highest BCUT2D eigenvalue weighted by Crippen LogP contribution is 2.28. The van der Waals surface area contributed by atoms with Gasteiger partial charge >= 0.3 is 11.7 Å². The van der Waals surface area contributed by atoms with Gasteiger partial charge in [0.1, 0.15) is 11.1 Å². The van der Waals surface area contributed by atoms with Gasteiger partial charge in [-0.05, 0) is 12.8 Å². The Balaban J connectivity index is 2.27. The van der Waals surface area contributed by atoms with Crippen LogP contribution in [0.15, 0.2) is 15.8 Å². The fourth-order valence-electron chi connectivity index (χ4n) is 2.41. The summed E-state index contributed by atoms with van der Waals surface area (Å²) >= 11 is 0. The molecule has 0 unspecified atom stereocenters. The van der Waals surface area contributed by atoms with E-state index in [0.717, 1.165) is 12.6 Å². The molecule has 0 aromatic carbocycles. The van der Waals surface area contributed by atoms with Crippen molar-refractivity contribution in [3.63, 3.8) is 0 Å². The molecule has 2 rings (SSSR count). The summed E-state index contributed by atoms with van der Waals surface area (Å²) in [6.07, 6.45) is 3.97. The van der Waals surface area contributed by atoms with Crippen molar-refractivity contribution in [1.29, 1.82) is 0 Å². The average molecular weight is 281 g/mol. The van der Waals surface area contributed by atoms with Crippen molar-refractivity contribution in [3.8, 4) is 0 Å². The van der Waals surface area contributed by atoms with Crippen molar-refractivity contribution in [2.24, 2.45) is 0 Å². The number of amides is 1. The van der Waals surface area contributed by atoms with Crippen molar-refractivity contribution < 1.29 is 14.7 Å². The summed E-state index contributed by atoms with van der Waals surface area (Å²) in [6.45, 7) is 0. The van der Waals surface area contributed by atoms with Gasteiger partial charge in [-0.3, -0.25) is 14.6 Å². The van der Waals surface area contributed by atoms with Gasteiger partial charge in [0.05, 0.1) is 0 Å². The summed E-state index contributed by atoms with van der Waals surface area (Å²) in [5.74, 6) is -1.90. The minimum atomic E-state index is -1.34. The maximum Gasteiger partial charge on any atom is 0.329 e. The van der Waals surface area contributed by atoms with Gasteiger partial charge in [0.15, 0.2) is 0 Å². The highest BCUT2D eigenvalue weighted by atomic mass is 16.4. The van der Waals surface area contributed by atoms with Gasteiger partial charge in [-0.1, -0.05) is 19.3 Å². The van der Waals surface area contributed by atoms with Gasteiger partial charge in [-0.15, -0.1) is 0 Å². The molecule has 1 fully saturated rings. The Morgan fingerprint density at radius 2 is 1.85 bits per heavy atom.